The first-order chi connectivity index (χ1) is 10.1. The first kappa shape index (κ1) is 14.7. The van der Waals surface area contributed by atoms with Crippen LogP contribution in [0.3, 0.4) is 0 Å². The lowest BCUT2D eigenvalue weighted by Gasteiger charge is -2.05. The molecular weight excluding hydrogens is 292 g/mol. The zero-order valence-corrected chi connectivity index (χ0v) is 11.5. The molecule has 0 aliphatic carbocycles. The molecule has 0 aliphatic rings. The highest BCUT2D eigenvalue weighted by Gasteiger charge is 2.10. The highest BCUT2D eigenvalue weighted by Crippen LogP contribution is 2.14. The Hall–Kier alpha value is -2.66. The standard InChI is InChI=1S/C15H11ClN2O3/c16-11-3-1-2-10(8-11)4-5-14(19)18-13-9-17-7-6-12(13)15(20)21/h1-9H,(H,18,19)(H,20,21). The summed E-state index contributed by atoms with van der Waals surface area (Å²) in [6.07, 6.45) is 5.51. The molecule has 0 atom stereocenters. The smallest absolute Gasteiger partial charge is 0.337 e. The van der Waals surface area contributed by atoms with E-state index in [9.17, 15) is 9.59 Å². The molecule has 1 aromatic heterocycles. The van der Waals surface area contributed by atoms with Crippen molar-refractivity contribution in [3.05, 3.63) is 65.0 Å². The van der Waals surface area contributed by atoms with Crippen molar-refractivity contribution in [2.24, 2.45) is 0 Å². The Morgan fingerprint density at radius 1 is 1.29 bits per heavy atom. The van der Waals surface area contributed by atoms with Crippen molar-refractivity contribution >= 4 is 35.2 Å². The summed E-state index contributed by atoms with van der Waals surface area (Å²) in [5.41, 5.74) is 0.891. The van der Waals surface area contributed by atoms with Crippen LogP contribution in [0.15, 0.2) is 48.8 Å². The third-order valence-corrected chi connectivity index (χ3v) is 2.82. The maximum Gasteiger partial charge on any atom is 0.337 e. The van der Waals surface area contributed by atoms with Crippen molar-refractivity contribution < 1.29 is 14.7 Å². The second-order valence-electron chi connectivity index (χ2n) is 4.10. The number of pyridine rings is 1. The number of nitrogens with one attached hydrogen (secondary N) is 1. The Kier molecular flexibility index (Phi) is 4.68. The van der Waals surface area contributed by atoms with Gasteiger partial charge in [-0.1, -0.05) is 23.7 Å². The fourth-order valence-corrected chi connectivity index (χ4v) is 1.84. The minimum Gasteiger partial charge on any atom is -0.478 e. The van der Waals surface area contributed by atoms with Gasteiger partial charge in [0.05, 0.1) is 17.4 Å². The molecular formula is C15H11ClN2O3. The van der Waals surface area contributed by atoms with E-state index in [0.29, 0.717) is 5.02 Å². The van der Waals surface area contributed by atoms with Crippen LogP contribution >= 0.6 is 11.6 Å². The molecule has 2 aromatic rings. The van der Waals surface area contributed by atoms with Gasteiger partial charge in [-0.2, -0.15) is 0 Å². The highest BCUT2D eigenvalue weighted by molar-refractivity contribution is 6.30. The molecule has 0 spiro atoms. The average Bonchev–Trinajstić information content (AvgIpc) is 2.45. The number of carbonyl (C=O) groups is 2. The predicted octanol–water partition coefficient (Wildman–Crippen LogP) is 3.09. The van der Waals surface area contributed by atoms with Crippen LogP contribution in [0.25, 0.3) is 6.08 Å². The van der Waals surface area contributed by atoms with E-state index in [1.54, 1.807) is 30.3 Å². The first-order valence-corrected chi connectivity index (χ1v) is 6.36. The Balaban J connectivity index is 2.10. The zero-order valence-electron chi connectivity index (χ0n) is 10.8. The van der Waals surface area contributed by atoms with Crippen molar-refractivity contribution in [3.8, 4) is 0 Å². The van der Waals surface area contributed by atoms with E-state index in [1.807, 2.05) is 0 Å². The van der Waals surface area contributed by atoms with Gasteiger partial charge in [-0.05, 0) is 29.8 Å². The number of nitrogens with zero attached hydrogens (tertiary/aromatic N) is 1. The molecule has 6 heteroatoms. The molecule has 1 aromatic carbocycles. The number of aromatic nitrogens is 1. The number of carboxylic acids is 1. The minimum atomic E-state index is -1.13. The van der Waals surface area contributed by atoms with Crippen molar-refractivity contribution in [3.63, 3.8) is 0 Å². The van der Waals surface area contributed by atoms with Crippen LogP contribution in [0.5, 0.6) is 0 Å². The van der Waals surface area contributed by atoms with Gasteiger partial charge in [-0.25, -0.2) is 4.79 Å². The van der Waals surface area contributed by atoms with E-state index in [2.05, 4.69) is 10.3 Å². The van der Waals surface area contributed by atoms with Crippen LogP contribution in [-0.4, -0.2) is 22.0 Å². The molecule has 1 amide bonds. The Labute approximate surface area is 125 Å². The Morgan fingerprint density at radius 2 is 2.10 bits per heavy atom. The maximum atomic E-state index is 11.8. The van der Waals surface area contributed by atoms with E-state index in [1.165, 1.54) is 24.5 Å². The third-order valence-electron chi connectivity index (χ3n) is 2.59. The van der Waals surface area contributed by atoms with Crippen molar-refractivity contribution in [1.82, 2.24) is 4.98 Å². The number of amides is 1. The number of hydrogen-bond acceptors (Lipinski definition) is 3. The van der Waals surface area contributed by atoms with E-state index in [4.69, 9.17) is 16.7 Å². The molecule has 0 bridgehead atoms. The normalized spacial score (nSPS) is 10.5. The van der Waals surface area contributed by atoms with Gasteiger partial charge in [0.25, 0.3) is 0 Å². The molecule has 1 heterocycles. The summed E-state index contributed by atoms with van der Waals surface area (Å²) in [7, 11) is 0. The van der Waals surface area contributed by atoms with E-state index in [-0.39, 0.29) is 11.3 Å². The summed E-state index contributed by atoms with van der Waals surface area (Å²) < 4.78 is 0. The summed E-state index contributed by atoms with van der Waals surface area (Å²) in [4.78, 5) is 26.6. The number of aromatic carboxylic acids is 1. The van der Waals surface area contributed by atoms with Gasteiger partial charge in [0.15, 0.2) is 0 Å². The molecule has 0 unspecified atom stereocenters. The van der Waals surface area contributed by atoms with Crippen LogP contribution in [0.1, 0.15) is 15.9 Å². The third kappa shape index (κ3) is 4.15. The molecule has 0 fully saturated rings. The van der Waals surface area contributed by atoms with Gasteiger partial charge in [-0.3, -0.25) is 9.78 Å². The van der Waals surface area contributed by atoms with Gasteiger partial charge in [0, 0.05) is 17.3 Å². The fourth-order valence-electron chi connectivity index (χ4n) is 1.64. The molecule has 2 rings (SSSR count). The van der Waals surface area contributed by atoms with Crippen molar-refractivity contribution in [1.29, 1.82) is 0 Å². The summed E-state index contributed by atoms with van der Waals surface area (Å²) in [6, 6.07) is 8.32. The number of anilines is 1. The first-order valence-electron chi connectivity index (χ1n) is 5.98. The Morgan fingerprint density at radius 3 is 2.81 bits per heavy atom. The molecule has 0 saturated heterocycles. The SMILES string of the molecule is O=C(C=Cc1cccc(Cl)c1)Nc1cnccc1C(=O)O. The molecule has 21 heavy (non-hydrogen) atoms. The summed E-state index contributed by atoms with van der Waals surface area (Å²) in [5, 5.41) is 12.0. The number of carboxylic acid groups (broad SMARTS) is 1. The summed E-state index contributed by atoms with van der Waals surface area (Å²) >= 11 is 5.84. The van der Waals surface area contributed by atoms with Crippen LogP contribution in [0.2, 0.25) is 5.02 Å². The maximum absolute atomic E-state index is 11.8. The Bertz CT molecular complexity index is 714. The van der Waals surface area contributed by atoms with Crippen LogP contribution < -0.4 is 5.32 Å². The monoisotopic (exact) mass is 302 g/mol. The summed E-state index contributed by atoms with van der Waals surface area (Å²) in [5.74, 6) is -1.59. The molecule has 0 saturated carbocycles. The van der Waals surface area contributed by atoms with Crippen molar-refractivity contribution in [2.45, 2.75) is 0 Å². The lowest BCUT2D eigenvalue weighted by molar-refractivity contribution is -0.111. The van der Waals surface area contributed by atoms with E-state index >= 15 is 0 Å². The average molecular weight is 303 g/mol. The highest BCUT2D eigenvalue weighted by atomic mass is 35.5. The van der Waals surface area contributed by atoms with Gasteiger partial charge in [-0.15, -0.1) is 0 Å². The van der Waals surface area contributed by atoms with Crippen LogP contribution in [0.4, 0.5) is 5.69 Å². The molecule has 0 aliphatic heterocycles. The van der Waals surface area contributed by atoms with Crippen molar-refractivity contribution in [2.75, 3.05) is 5.32 Å². The molecule has 2 N–H and O–H groups in total. The number of benzene rings is 1. The molecule has 5 nitrogen and oxygen atoms in total. The second-order valence-corrected chi connectivity index (χ2v) is 4.54. The van der Waals surface area contributed by atoms with Gasteiger partial charge >= 0.3 is 5.97 Å². The van der Waals surface area contributed by atoms with E-state index in [0.717, 1.165) is 5.56 Å². The zero-order chi connectivity index (χ0) is 15.2. The molecule has 106 valence electrons. The minimum absolute atomic E-state index is 0.0190. The topological polar surface area (TPSA) is 79.3 Å². The van der Waals surface area contributed by atoms with Gasteiger partial charge < -0.3 is 10.4 Å². The largest absolute Gasteiger partial charge is 0.478 e. The fraction of sp³-hybridized carbons (Fsp3) is 0. The second kappa shape index (κ2) is 6.67. The summed E-state index contributed by atoms with van der Waals surface area (Å²) in [6.45, 7) is 0. The van der Waals surface area contributed by atoms with Gasteiger partial charge in [0.1, 0.15) is 0 Å². The van der Waals surface area contributed by atoms with Gasteiger partial charge in [0.2, 0.25) is 5.91 Å². The van der Waals surface area contributed by atoms with E-state index < -0.39 is 11.9 Å². The lowest BCUT2D eigenvalue weighted by atomic mass is 10.2. The van der Waals surface area contributed by atoms with Crippen LogP contribution in [-0.2, 0) is 4.79 Å². The number of halogens is 1. The number of rotatable bonds is 4. The molecule has 0 radical (unpaired) electrons. The number of carbonyl (C=O) groups excluding carboxylic acids is 1. The lowest BCUT2D eigenvalue weighted by Crippen LogP contribution is -2.12. The predicted molar refractivity (Wildman–Crippen MR) is 80.3 cm³/mol. The van der Waals surface area contributed by atoms with Crippen LogP contribution in [0, 0.1) is 0 Å². The quantitative estimate of drug-likeness (QED) is 0.851. The number of hydrogen-bond donors (Lipinski definition) is 2.